The van der Waals surface area contributed by atoms with Crippen molar-refractivity contribution >= 4 is 6.29 Å². The van der Waals surface area contributed by atoms with Gasteiger partial charge in [0.05, 0.1) is 0 Å². The highest BCUT2D eigenvalue weighted by Crippen LogP contribution is 1.98. The maximum absolute atomic E-state index is 9.57. The molecule has 0 aliphatic heterocycles. The number of rotatable bonds is 3. The molecule has 0 spiro atoms. The molecule has 0 aliphatic carbocycles. The summed E-state index contributed by atoms with van der Waals surface area (Å²) in [6.07, 6.45) is 5.91. The molecule has 0 aromatic carbocycles. The summed E-state index contributed by atoms with van der Waals surface area (Å²) < 4.78 is 0. The maximum Gasteiger partial charge on any atom is 0.225 e. The van der Waals surface area contributed by atoms with Crippen molar-refractivity contribution in [1.29, 1.82) is 0 Å². The van der Waals surface area contributed by atoms with E-state index in [4.69, 9.17) is 0 Å². The first kappa shape index (κ1) is 7.41. The van der Waals surface area contributed by atoms with Crippen molar-refractivity contribution in [2.45, 2.75) is 20.3 Å². The Labute approximate surface area is 50.4 Å². The third-order valence-corrected chi connectivity index (χ3v) is 0.793. The fraction of sp³-hybridized carbons (Fsp3) is 0.571. The van der Waals surface area contributed by atoms with Gasteiger partial charge in [0.25, 0.3) is 0 Å². The molecular weight excluding hydrogens is 100 g/mol. The van der Waals surface area contributed by atoms with Gasteiger partial charge in [0, 0.05) is 0 Å². The Morgan fingerprint density at radius 2 is 2.25 bits per heavy atom. The Balaban J connectivity index is 3.15. The summed E-state index contributed by atoms with van der Waals surface area (Å²) in [5.41, 5.74) is 0. The summed E-state index contributed by atoms with van der Waals surface area (Å²) in [5, 5.41) is 0. The van der Waals surface area contributed by atoms with Gasteiger partial charge in [0.1, 0.15) is 0 Å². The number of carbonyl (C=O) groups excluding carboxylic acids is 1. The largest absolute Gasteiger partial charge is 0.286 e. The second-order valence-electron chi connectivity index (χ2n) is 2.15. The second-order valence-corrected chi connectivity index (χ2v) is 2.15. The highest BCUT2D eigenvalue weighted by atomic mass is 16.1. The lowest BCUT2D eigenvalue weighted by atomic mass is 10.1. The van der Waals surface area contributed by atoms with Crippen molar-refractivity contribution in [2.75, 3.05) is 0 Å². The molecule has 0 heterocycles. The van der Waals surface area contributed by atoms with Crippen molar-refractivity contribution in [3.63, 3.8) is 0 Å². The number of allylic oxidation sites excluding steroid dienone is 2. The van der Waals surface area contributed by atoms with Crippen molar-refractivity contribution in [1.82, 2.24) is 0 Å². The Morgan fingerprint density at radius 1 is 1.62 bits per heavy atom. The van der Waals surface area contributed by atoms with Gasteiger partial charge >= 0.3 is 0 Å². The molecule has 1 heteroatoms. The van der Waals surface area contributed by atoms with E-state index in [9.17, 15) is 4.79 Å². The van der Waals surface area contributed by atoms with E-state index in [-0.39, 0.29) is 0 Å². The number of hydrogen-bond donors (Lipinski definition) is 0. The molecule has 0 aromatic heterocycles. The number of hydrogen-bond acceptors (Lipinski definition) is 1. The minimum absolute atomic E-state index is 0.639. The maximum atomic E-state index is 9.57. The van der Waals surface area contributed by atoms with E-state index in [0.717, 1.165) is 6.42 Å². The van der Waals surface area contributed by atoms with Gasteiger partial charge in [-0.2, -0.15) is 0 Å². The molecule has 0 atom stereocenters. The van der Waals surface area contributed by atoms with Gasteiger partial charge in [-0.05, 0) is 18.4 Å². The van der Waals surface area contributed by atoms with Crippen LogP contribution >= 0.6 is 0 Å². The molecule has 0 aromatic rings. The molecule has 0 bridgehead atoms. The molecule has 0 saturated heterocycles. The van der Waals surface area contributed by atoms with E-state index in [1.165, 1.54) is 6.08 Å². The summed E-state index contributed by atoms with van der Waals surface area (Å²) in [6.45, 7) is 4.21. The minimum Gasteiger partial charge on any atom is -0.286 e. The summed E-state index contributed by atoms with van der Waals surface area (Å²) in [4.78, 5) is 9.57. The molecule has 1 nitrogen and oxygen atoms in total. The average molecular weight is 111 g/mol. The van der Waals surface area contributed by atoms with Gasteiger partial charge in [-0.3, -0.25) is 4.79 Å². The molecule has 0 saturated carbocycles. The smallest absolute Gasteiger partial charge is 0.225 e. The fourth-order valence-electron chi connectivity index (χ4n) is 0.388. The highest BCUT2D eigenvalue weighted by molar-refractivity contribution is 5.65. The van der Waals surface area contributed by atoms with E-state index in [2.05, 4.69) is 13.8 Å². The van der Waals surface area contributed by atoms with Gasteiger partial charge in [0.15, 0.2) is 0 Å². The van der Waals surface area contributed by atoms with Gasteiger partial charge in [-0.15, -0.1) is 0 Å². The molecule has 0 amide bonds. The van der Waals surface area contributed by atoms with Crippen LogP contribution in [0, 0.1) is 5.92 Å². The normalized spacial score (nSPS) is 10.9. The van der Waals surface area contributed by atoms with Gasteiger partial charge in [0.2, 0.25) is 6.29 Å². The zero-order chi connectivity index (χ0) is 6.41. The molecule has 1 radical (unpaired) electrons. The molecular formula is C7H11O. The van der Waals surface area contributed by atoms with Crippen LogP contribution in [0.1, 0.15) is 20.3 Å². The van der Waals surface area contributed by atoms with E-state index in [1.807, 2.05) is 6.08 Å². The van der Waals surface area contributed by atoms with E-state index in [1.54, 1.807) is 6.29 Å². The van der Waals surface area contributed by atoms with Crippen LogP contribution in [0.25, 0.3) is 0 Å². The lowest BCUT2D eigenvalue weighted by Gasteiger charge is -1.93. The van der Waals surface area contributed by atoms with Crippen molar-refractivity contribution in [2.24, 2.45) is 5.92 Å². The lowest BCUT2D eigenvalue weighted by Crippen LogP contribution is -1.80. The summed E-state index contributed by atoms with van der Waals surface area (Å²) in [6, 6.07) is 0. The van der Waals surface area contributed by atoms with Crippen molar-refractivity contribution < 1.29 is 4.79 Å². The predicted octanol–water partition coefficient (Wildman–Crippen LogP) is 1.70. The first-order valence-corrected chi connectivity index (χ1v) is 2.80. The Hall–Kier alpha value is -0.590. The van der Waals surface area contributed by atoms with Crippen LogP contribution < -0.4 is 0 Å². The SMILES string of the molecule is CC(C)CC=C[C]=O. The molecule has 0 aliphatic rings. The zero-order valence-corrected chi connectivity index (χ0v) is 5.35. The first-order chi connectivity index (χ1) is 3.77. The van der Waals surface area contributed by atoms with Crippen molar-refractivity contribution in [3.05, 3.63) is 12.2 Å². The van der Waals surface area contributed by atoms with Crippen molar-refractivity contribution in [3.8, 4) is 0 Å². The Kier molecular flexibility index (Phi) is 4.23. The Morgan fingerprint density at radius 3 is 2.62 bits per heavy atom. The molecule has 8 heavy (non-hydrogen) atoms. The monoisotopic (exact) mass is 111 g/mol. The molecule has 0 unspecified atom stereocenters. The predicted molar refractivity (Wildman–Crippen MR) is 34.3 cm³/mol. The zero-order valence-electron chi connectivity index (χ0n) is 5.35. The first-order valence-electron chi connectivity index (χ1n) is 2.80. The second kappa shape index (κ2) is 4.57. The third kappa shape index (κ3) is 5.41. The van der Waals surface area contributed by atoms with Crippen LogP contribution in [-0.4, -0.2) is 6.29 Å². The van der Waals surface area contributed by atoms with Crippen LogP contribution in [0.4, 0.5) is 0 Å². The van der Waals surface area contributed by atoms with E-state index >= 15 is 0 Å². The molecule has 0 N–H and O–H groups in total. The quantitative estimate of drug-likeness (QED) is 0.506. The van der Waals surface area contributed by atoms with Gasteiger partial charge in [-0.1, -0.05) is 19.9 Å². The topological polar surface area (TPSA) is 17.1 Å². The van der Waals surface area contributed by atoms with Crippen LogP contribution in [0.3, 0.4) is 0 Å². The average Bonchev–Trinajstić information content (AvgIpc) is 1.66. The standard InChI is InChI=1S/C7H11O/c1-7(2)5-3-4-6-8/h3-4,7H,5H2,1-2H3. The van der Waals surface area contributed by atoms with Gasteiger partial charge < -0.3 is 0 Å². The lowest BCUT2D eigenvalue weighted by molar-refractivity contribution is 0.564. The Bertz CT molecular complexity index is 82.4. The highest BCUT2D eigenvalue weighted by Gasteiger charge is 1.84. The van der Waals surface area contributed by atoms with E-state index < -0.39 is 0 Å². The summed E-state index contributed by atoms with van der Waals surface area (Å²) in [7, 11) is 0. The van der Waals surface area contributed by atoms with Crippen LogP contribution in [0.15, 0.2) is 12.2 Å². The third-order valence-electron chi connectivity index (χ3n) is 0.793. The summed E-state index contributed by atoms with van der Waals surface area (Å²) >= 11 is 0. The van der Waals surface area contributed by atoms with Crippen LogP contribution in [0.2, 0.25) is 0 Å². The van der Waals surface area contributed by atoms with Crippen LogP contribution in [-0.2, 0) is 4.79 Å². The minimum atomic E-state index is 0.639. The van der Waals surface area contributed by atoms with E-state index in [0.29, 0.717) is 5.92 Å². The molecule has 0 fully saturated rings. The van der Waals surface area contributed by atoms with Crippen LogP contribution in [0.5, 0.6) is 0 Å². The fourth-order valence-corrected chi connectivity index (χ4v) is 0.388. The van der Waals surface area contributed by atoms with Gasteiger partial charge in [-0.25, -0.2) is 0 Å². The molecule has 45 valence electrons. The summed E-state index contributed by atoms with van der Waals surface area (Å²) in [5.74, 6) is 0.639. The molecule has 0 rings (SSSR count).